The molecule has 1 heterocycles. The molecule has 2 aromatic rings. The minimum Gasteiger partial charge on any atom is -0.355 e. The molecule has 1 fully saturated rings. The summed E-state index contributed by atoms with van der Waals surface area (Å²) >= 11 is 7.53. The number of rotatable bonds is 11. The molecule has 0 spiro atoms. The number of carbonyl (C=O) groups excluding carboxylic acids is 2. The van der Waals surface area contributed by atoms with E-state index in [1.807, 2.05) is 42.5 Å². The molecule has 0 radical (unpaired) electrons. The van der Waals surface area contributed by atoms with Gasteiger partial charge in [-0.05, 0) is 49.1 Å². The van der Waals surface area contributed by atoms with Gasteiger partial charge in [0.25, 0.3) is 0 Å². The Morgan fingerprint density at radius 2 is 1.76 bits per heavy atom. The van der Waals surface area contributed by atoms with Crippen LogP contribution in [0.15, 0.2) is 59.5 Å². The molecule has 154 valence electrons. The van der Waals surface area contributed by atoms with Crippen molar-refractivity contribution in [1.29, 1.82) is 0 Å². The third kappa shape index (κ3) is 7.09. The van der Waals surface area contributed by atoms with Gasteiger partial charge in [0.2, 0.25) is 11.8 Å². The van der Waals surface area contributed by atoms with E-state index in [0.717, 1.165) is 42.0 Å². The van der Waals surface area contributed by atoms with E-state index < -0.39 is 0 Å². The Kier molecular flexibility index (Phi) is 8.44. The second kappa shape index (κ2) is 11.3. The van der Waals surface area contributed by atoms with Gasteiger partial charge in [-0.3, -0.25) is 9.59 Å². The first-order chi connectivity index (χ1) is 14.1. The van der Waals surface area contributed by atoms with E-state index in [-0.39, 0.29) is 23.7 Å². The normalized spacial score (nSPS) is 15.8. The second-order valence-electron chi connectivity index (χ2n) is 7.25. The minimum absolute atomic E-state index is 0.0516. The highest BCUT2D eigenvalue weighted by Gasteiger charge is 2.37. The molecule has 29 heavy (non-hydrogen) atoms. The molecule has 1 saturated heterocycles. The van der Waals surface area contributed by atoms with Gasteiger partial charge in [-0.15, -0.1) is 11.8 Å². The smallest absolute Gasteiger partial charge is 0.239 e. The zero-order valence-corrected chi connectivity index (χ0v) is 18.1. The van der Waals surface area contributed by atoms with E-state index in [1.165, 1.54) is 5.56 Å². The Hall–Kier alpha value is -1.98. The molecule has 1 aliphatic heterocycles. The van der Waals surface area contributed by atoms with Gasteiger partial charge in [-0.2, -0.15) is 0 Å². The Labute approximate surface area is 182 Å². The number of likely N-dealkylation sites (tertiary alicyclic amines) is 1. The SMILES string of the molecule is O=C(CN1C(=O)CC1Sc1ccccc1)NCCCCCCc1ccc(Cl)cc1. The lowest BCUT2D eigenvalue weighted by atomic mass is 10.1. The maximum Gasteiger partial charge on any atom is 0.239 e. The summed E-state index contributed by atoms with van der Waals surface area (Å²) in [6, 6.07) is 18.0. The molecule has 0 aliphatic carbocycles. The van der Waals surface area contributed by atoms with Gasteiger partial charge in [-0.1, -0.05) is 54.8 Å². The first-order valence-corrected chi connectivity index (χ1v) is 11.4. The fraction of sp³-hybridized carbons (Fsp3) is 0.391. The standard InChI is InChI=1S/C23H27ClN2O2S/c24-19-13-11-18(12-14-19)8-4-1-2-7-15-25-21(27)17-26-22(28)16-23(26)29-20-9-5-3-6-10-20/h3,5-6,9-14,23H,1-2,4,7-8,15-17H2,(H,25,27). The van der Waals surface area contributed by atoms with Crippen LogP contribution in [0.3, 0.4) is 0 Å². The van der Waals surface area contributed by atoms with Gasteiger partial charge < -0.3 is 10.2 Å². The largest absolute Gasteiger partial charge is 0.355 e. The lowest BCUT2D eigenvalue weighted by Crippen LogP contribution is -2.54. The van der Waals surface area contributed by atoms with Crippen molar-refractivity contribution in [2.45, 2.75) is 48.8 Å². The van der Waals surface area contributed by atoms with E-state index in [1.54, 1.807) is 16.7 Å². The molecule has 0 saturated carbocycles. The van der Waals surface area contributed by atoms with Crippen molar-refractivity contribution in [3.8, 4) is 0 Å². The average molecular weight is 431 g/mol. The van der Waals surface area contributed by atoms with Gasteiger partial charge in [0.05, 0.1) is 11.8 Å². The number of amides is 2. The molecule has 3 rings (SSSR count). The summed E-state index contributed by atoms with van der Waals surface area (Å²) < 4.78 is 0. The fourth-order valence-electron chi connectivity index (χ4n) is 3.27. The summed E-state index contributed by atoms with van der Waals surface area (Å²) in [6.45, 7) is 0.818. The van der Waals surface area contributed by atoms with Crippen molar-refractivity contribution in [2.24, 2.45) is 0 Å². The summed E-state index contributed by atoms with van der Waals surface area (Å²) in [5.41, 5.74) is 1.31. The molecule has 2 aromatic carbocycles. The van der Waals surface area contributed by atoms with E-state index in [9.17, 15) is 9.59 Å². The molecule has 2 amide bonds. The number of halogens is 1. The van der Waals surface area contributed by atoms with Crippen LogP contribution in [-0.2, 0) is 16.0 Å². The molecule has 0 bridgehead atoms. The van der Waals surface area contributed by atoms with Gasteiger partial charge in [0, 0.05) is 16.5 Å². The zero-order valence-electron chi connectivity index (χ0n) is 16.5. The van der Waals surface area contributed by atoms with Crippen molar-refractivity contribution >= 4 is 35.2 Å². The first kappa shape index (κ1) is 21.7. The van der Waals surface area contributed by atoms with E-state index >= 15 is 0 Å². The summed E-state index contributed by atoms with van der Waals surface area (Å²) in [5.74, 6) is -0.0198. The predicted molar refractivity (Wildman–Crippen MR) is 119 cm³/mol. The Bertz CT molecular complexity index is 798. The number of carbonyl (C=O) groups is 2. The Morgan fingerprint density at radius 3 is 2.48 bits per heavy atom. The summed E-state index contributed by atoms with van der Waals surface area (Å²) in [7, 11) is 0. The third-order valence-electron chi connectivity index (χ3n) is 4.97. The van der Waals surface area contributed by atoms with Crippen LogP contribution in [0.4, 0.5) is 0 Å². The highest BCUT2D eigenvalue weighted by atomic mass is 35.5. The number of benzene rings is 2. The van der Waals surface area contributed by atoms with Crippen molar-refractivity contribution < 1.29 is 9.59 Å². The predicted octanol–water partition coefficient (Wildman–Crippen LogP) is 4.91. The van der Waals surface area contributed by atoms with E-state index in [2.05, 4.69) is 17.4 Å². The highest BCUT2D eigenvalue weighted by molar-refractivity contribution is 8.00. The van der Waals surface area contributed by atoms with Gasteiger partial charge in [-0.25, -0.2) is 0 Å². The summed E-state index contributed by atoms with van der Waals surface area (Å²) in [6.07, 6.45) is 5.88. The lowest BCUT2D eigenvalue weighted by molar-refractivity contribution is -0.145. The number of β-lactam (4-membered cyclic amide) rings is 1. The van der Waals surface area contributed by atoms with E-state index in [4.69, 9.17) is 11.6 Å². The van der Waals surface area contributed by atoms with Crippen molar-refractivity contribution in [3.63, 3.8) is 0 Å². The number of hydrogen-bond acceptors (Lipinski definition) is 3. The van der Waals surface area contributed by atoms with Crippen LogP contribution < -0.4 is 5.32 Å². The Morgan fingerprint density at radius 1 is 1.03 bits per heavy atom. The minimum atomic E-state index is -0.0714. The van der Waals surface area contributed by atoms with E-state index in [0.29, 0.717) is 13.0 Å². The van der Waals surface area contributed by atoms with Crippen LogP contribution in [0.2, 0.25) is 5.02 Å². The highest BCUT2D eigenvalue weighted by Crippen LogP contribution is 2.34. The van der Waals surface area contributed by atoms with Gasteiger partial charge >= 0.3 is 0 Å². The van der Waals surface area contributed by atoms with Crippen LogP contribution in [0.25, 0.3) is 0 Å². The van der Waals surface area contributed by atoms with Crippen molar-refractivity contribution in [3.05, 3.63) is 65.2 Å². The maximum atomic E-state index is 12.2. The van der Waals surface area contributed by atoms with Gasteiger partial charge in [0.1, 0.15) is 6.54 Å². The van der Waals surface area contributed by atoms with Crippen molar-refractivity contribution in [1.82, 2.24) is 10.2 Å². The lowest BCUT2D eigenvalue weighted by Gasteiger charge is -2.39. The first-order valence-electron chi connectivity index (χ1n) is 10.1. The molecular formula is C23H27ClN2O2S. The average Bonchev–Trinajstić information content (AvgIpc) is 2.73. The summed E-state index contributed by atoms with van der Waals surface area (Å²) in [4.78, 5) is 26.8. The number of hydrogen-bond donors (Lipinski definition) is 1. The Balaban J connectivity index is 1.26. The summed E-state index contributed by atoms with van der Waals surface area (Å²) in [5, 5.41) is 3.78. The van der Waals surface area contributed by atoms with Crippen LogP contribution in [-0.4, -0.2) is 35.2 Å². The number of thioether (sulfide) groups is 1. The zero-order chi connectivity index (χ0) is 20.5. The third-order valence-corrected chi connectivity index (χ3v) is 6.46. The molecule has 6 heteroatoms. The number of nitrogens with zero attached hydrogens (tertiary/aromatic N) is 1. The van der Waals surface area contributed by atoms with Crippen LogP contribution in [0, 0.1) is 0 Å². The number of unbranched alkanes of at least 4 members (excludes halogenated alkanes) is 3. The topological polar surface area (TPSA) is 49.4 Å². The fourth-order valence-corrected chi connectivity index (χ4v) is 4.57. The van der Waals surface area contributed by atoms with Crippen LogP contribution in [0.5, 0.6) is 0 Å². The molecule has 1 unspecified atom stereocenters. The molecule has 4 nitrogen and oxygen atoms in total. The quantitative estimate of drug-likeness (QED) is 0.407. The van der Waals surface area contributed by atoms with Crippen LogP contribution >= 0.6 is 23.4 Å². The maximum absolute atomic E-state index is 12.2. The monoisotopic (exact) mass is 430 g/mol. The van der Waals surface area contributed by atoms with Crippen LogP contribution in [0.1, 0.15) is 37.7 Å². The molecule has 1 atom stereocenters. The molecular weight excluding hydrogens is 404 g/mol. The molecule has 0 aromatic heterocycles. The second-order valence-corrected chi connectivity index (χ2v) is 8.94. The van der Waals surface area contributed by atoms with Gasteiger partial charge in [0.15, 0.2) is 0 Å². The molecule has 1 N–H and O–H groups in total. The van der Waals surface area contributed by atoms with Crippen molar-refractivity contribution in [2.75, 3.05) is 13.1 Å². The molecule has 1 aliphatic rings. The number of nitrogens with one attached hydrogen (secondary N) is 1. The number of aryl methyl sites for hydroxylation is 1.